The summed E-state index contributed by atoms with van der Waals surface area (Å²) in [7, 11) is 0. The Morgan fingerprint density at radius 1 is 1.13 bits per heavy atom. The Morgan fingerprint density at radius 2 is 2.03 bits per heavy atom. The molecule has 1 saturated heterocycles. The molecule has 0 unspecified atom stereocenters. The number of fused-ring (bicyclic) bond motifs is 1. The van der Waals surface area contributed by atoms with Gasteiger partial charge in [0.1, 0.15) is 6.33 Å². The minimum atomic E-state index is 0.244. The van der Waals surface area contributed by atoms with Gasteiger partial charge in [0.05, 0.1) is 5.69 Å². The maximum atomic E-state index is 11.8. The van der Waals surface area contributed by atoms with Crippen LogP contribution in [0.5, 0.6) is 0 Å². The molecule has 4 aromatic heterocycles. The minimum absolute atomic E-state index is 0.244. The van der Waals surface area contributed by atoms with Crippen LogP contribution in [0.4, 0.5) is 17.7 Å². The highest BCUT2D eigenvalue weighted by Gasteiger charge is 2.19. The summed E-state index contributed by atoms with van der Waals surface area (Å²) in [6, 6.07) is 3.76. The summed E-state index contributed by atoms with van der Waals surface area (Å²) >= 11 is 1.61. The SMILES string of the molecule is O=C1CCCN1CCCNc1nc(Nc2ncccn2)nc2c1ncn2-c1ccsc1. The van der Waals surface area contributed by atoms with Crippen molar-refractivity contribution in [1.82, 2.24) is 34.4 Å². The van der Waals surface area contributed by atoms with Gasteiger partial charge in [0, 0.05) is 43.8 Å². The summed E-state index contributed by atoms with van der Waals surface area (Å²) in [6.45, 7) is 2.27. The first kappa shape index (κ1) is 19.4. The number of aromatic nitrogens is 6. The molecule has 1 aliphatic heterocycles. The highest BCUT2D eigenvalue weighted by atomic mass is 32.1. The number of imidazole rings is 1. The predicted octanol–water partition coefficient (Wildman–Crippen LogP) is 2.84. The zero-order chi connectivity index (χ0) is 21.0. The van der Waals surface area contributed by atoms with Gasteiger partial charge in [-0.1, -0.05) is 0 Å². The van der Waals surface area contributed by atoms with Crippen molar-refractivity contribution in [3.63, 3.8) is 0 Å². The van der Waals surface area contributed by atoms with Gasteiger partial charge >= 0.3 is 0 Å². The third-order valence-corrected chi connectivity index (χ3v) is 5.71. The van der Waals surface area contributed by atoms with Crippen LogP contribution in [0.3, 0.4) is 0 Å². The molecule has 0 atom stereocenters. The first-order chi connectivity index (χ1) is 15.3. The highest BCUT2D eigenvalue weighted by molar-refractivity contribution is 7.08. The molecule has 0 saturated carbocycles. The number of likely N-dealkylation sites (tertiary alicyclic amines) is 1. The van der Waals surface area contributed by atoms with Crippen LogP contribution in [0.25, 0.3) is 16.9 Å². The number of nitrogens with zero attached hydrogens (tertiary/aromatic N) is 7. The lowest BCUT2D eigenvalue weighted by Crippen LogP contribution is -2.27. The third kappa shape index (κ3) is 4.17. The molecule has 1 aliphatic rings. The van der Waals surface area contributed by atoms with E-state index in [1.165, 1.54) is 0 Å². The van der Waals surface area contributed by atoms with E-state index in [1.807, 2.05) is 26.3 Å². The third-order valence-electron chi connectivity index (χ3n) is 5.04. The molecule has 11 heteroatoms. The molecule has 158 valence electrons. The molecule has 4 aromatic rings. The summed E-state index contributed by atoms with van der Waals surface area (Å²) < 4.78 is 1.93. The largest absolute Gasteiger partial charge is 0.368 e. The number of carbonyl (C=O) groups excluding carboxylic acids is 1. The number of carbonyl (C=O) groups is 1. The van der Waals surface area contributed by atoms with Crippen molar-refractivity contribution >= 4 is 46.1 Å². The Labute approximate surface area is 182 Å². The predicted molar refractivity (Wildman–Crippen MR) is 119 cm³/mol. The van der Waals surface area contributed by atoms with Crippen LogP contribution in [0.2, 0.25) is 0 Å². The second kappa shape index (κ2) is 8.64. The molecule has 31 heavy (non-hydrogen) atoms. The average Bonchev–Trinajstić information content (AvgIpc) is 3.53. The van der Waals surface area contributed by atoms with Gasteiger partial charge in [-0.2, -0.15) is 21.3 Å². The number of thiophene rings is 1. The van der Waals surface area contributed by atoms with Crippen LogP contribution in [0.1, 0.15) is 19.3 Å². The Bertz CT molecular complexity index is 1180. The van der Waals surface area contributed by atoms with Gasteiger partial charge in [-0.05, 0) is 30.4 Å². The van der Waals surface area contributed by atoms with Crippen LogP contribution >= 0.6 is 11.3 Å². The van der Waals surface area contributed by atoms with E-state index in [2.05, 4.69) is 35.6 Å². The number of rotatable bonds is 8. The van der Waals surface area contributed by atoms with Gasteiger partial charge in [-0.3, -0.25) is 14.7 Å². The van der Waals surface area contributed by atoms with E-state index in [4.69, 9.17) is 0 Å². The Morgan fingerprint density at radius 3 is 2.81 bits per heavy atom. The summed E-state index contributed by atoms with van der Waals surface area (Å²) in [4.78, 5) is 35.9. The molecule has 1 fully saturated rings. The number of hydrogen-bond donors (Lipinski definition) is 2. The van der Waals surface area contributed by atoms with Gasteiger partial charge in [0.25, 0.3) is 0 Å². The van der Waals surface area contributed by atoms with E-state index in [9.17, 15) is 4.79 Å². The molecule has 0 aromatic carbocycles. The normalized spacial score (nSPS) is 13.8. The first-order valence-electron chi connectivity index (χ1n) is 10.1. The van der Waals surface area contributed by atoms with Crippen LogP contribution in [0.15, 0.2) is 41.6 Å². The van der Waals surface area contributed by atoms with Gasteiger partial charge in [0.2, 0.25) is 17.8 Å². The highest BCUT2D eigenvalue weighted by Crippen LogP contribution is 2.25. The number of amides is 1. The molecule has 2 N–H and O–H groups in total. The van der Waals surface area contributed by atoms with Crippen molar-refractivity contribution in [3.8, 4) is 5.69 Å². The molecule has 5 rings (SSSR count). The van der Waals surface area contributed by atoms with Crippen molar-refractivity contribution in [2.24, 2.45) is 0 Å². The second-order valence-corrected chi connectivity index (χ2v) is 7.91. The van der Waals surface area contributed by atoms with Crippen molar-refractivity contribution in [3.05, 3.63) is 41.6 Å². The topological polar surface area (TPSA) is 114 Å². The van der Waals surface area contributed by atoms with Crippen molar-refractivity contribution < 1.29 is 4.79 Å². The Hall–Kier alpha value is -3.60. The smallest absolute Gasteiger partial charge is 0.233 e. The first-order valence-corrected chi connectivity index (χ1v) is 11.1. The van der Waals surface area contributed by atoms with Crippen LogP contribution in [0, 0.1) is 0 Å². The van der Waals surface area contributed by atoms with Gasteiger partial charge in [-0.25, -0.2) is 15.0 Å². The van der Waals surface area contributed by atoms with E-state index in [0.717, 1.165) is 31.6 Å². The summed E-state index contributed by atoms with van der Waals surface area (Å²) in [5, 5.41) is 10.5. The van der Waals surface area contributed by atoms with Crippen LogP contribution in [-0.2, 0) is 4.79 Å². The number of anilines is 3. The number of nitrogens with one attached hydrogen (secondary N) is 2. The minimum Gasteiger partial charge on any atom is -0.368 e. The fourth-order valence-corrected chi connectivity index (χ4v) is 4.17. The molecule has 0 bridgehead atoms. The molecule has 5 heterocycles. The molecule has 1 amide bonds. The lowest BCUT2D eigenvalue weighted by atomic mass is 10.3. The van der Waals surface area contributed by atoms with E-state index in [1.54, 1.807) is 36.1 Å². The fraction of sp³-hybridized carbons (Fsp3) is 0.300. The lowest BCUT2D eigenvalue weighted by Gasteiger charge is -2.15. The summed E-state index contributed by atoms with van der Waals surface area (Å²) in [6.07, 6.45) is 7.50. The quantitative estimate of drug-likeness (QED) is 0.406. The molecular weight excluding hydrogens is 414 g/mol. The van der Waals surface area contributed by atoms with Crippen LogP contribution < -0.4 is 10.6 Å². The zero-order valence-corrected chi connectivity index (χ0v) is 17.5. The molecule has 0 spiro atoms. The zero-order valence-electron chi connectivity index (χ0n) is 16.7. The molecule has 10 nitrogen and oxygen atoms in total. The Balaban J connectivity index is 1.40. The molecule has 0 aliphatic carbocycles. The standard InChI is InChI=1S/C20H21N9OS/c30-15-4-1-9-28(15)10-3-8-21-17-16-18(29(13-24-16)14-5-11-31-12-14)26-20(25-17)27-19-22-6-2-7-23-19/h2,5-7,11-13H,1,3-4,8-10H2,(H2,21,22,23,25,26,27). The van der Waals surface area contributed by atoms with Crippen molar-refractivity contribution in [1.29, 1.82) is 0 Å². The summed E-state index contributed by atoms with van der Waals surface area (Å²) in [5.74, 6) is 1.67. The summed E-state index contributed by atoms with van der Waals surface area (Å²) in [5.41, 5.74) is 2.36. The second-order valence-electron chi connectivity index (χ2n) is 7.13. The van der Waals surface area contributed by atoms with Gasteiger partial charge < -0.3 is 10.2 Å². The monoisotopic (exact) mass is 435 g/mol. The van der Waals surface area contributed by atoms with Crippen molar-refractivity contribution in [2.45, 2.75) is 19.3 Å². The van der Waals surface area contributed by atoms with Gasteiger partial charge in [-0.15, -0.1) is 0 Å². The average molecular weight is 436 g/mol. The van der Waals surface area contributed by atoms with E-state index in [-0.39, 0.29) is 5.91 Å². The molecular formula is C20H21N9OS. The molecule has 0 radical (unpaired) electrons. The van der Waals surface area contributed by atoms with E-state index < -0.39 is 0 Å². The van der Waals surface area contributed by atoms with Crippen molar-refractivity contribution in [2.75, 3.05) is 30.3 Å². The van der Waals surface area contributed by atoms with E-state index >= 15 is 0 Å². The Kier molecular flexibility index (Phi) is 5.40. The fourth-order valence-electron chi connectivity index (χ4n) is 3.54. The maximum absolute atomic E-state index is 11.8. The van der Waals surface area contributed by atoms with Gasteiger partial charge in [0.15, 0.2) is 17.0 Å². The maximum Gasteiger partial charge on any atom is 0.233 e. The van der Waals surface area contributed by atoms with E-state index in [0.29, 0.717) is 41.8 Å². The van der Waals surface area contributed by atoms with Crippen LogP contribution in [-0.4, -0.2) is 59.9 Å². The lowest BCUT2D eigenvalue weighted by molar-refractivity contribution is -0.127. The number of hydrogen-bond acceptors (Lipinski definition) is 9.